The lowest BCUT2D eigenvalue weighted by Crippen LogP contribution is -2.35. The molecule has 0 heteroatoms. The van der Waals surface area contributed by atoms with E-state index in [1.807, 2.05) is 0 Å². The summed E-state index contributed by atoms with van der Waals surface area (Å²) in [6.45, 7) is 0. The summed E-state index contributed by atoms with van der Waals surface area (Å²) in [5.41, 5.74) is 0. The fourth-order valence-electron chi connectivity index (χ4n) is 22.4. The van der Waals surface area contributed by atoms with Crippen LogP contribution in [0.4, 0.5) is 0 Å². The first-order valence-corrected chi connectivity index (χ1v) is 38.2. The SMILES string of the molecule is C1CC2CC12.C1CC2CC2C1.C1CC2CCC2C1.C1CC2CCCC2C1.C1CCC2CC2C1.C1CCC2CC3CCCCC3CC2C1.C1CCC2CCCC2C1.C1CCC2CCCCC2C1.C1CCC2CCCCC2CC1. The third-order valence-electron chi connectivity index (χ3n) is 28.1. The molecule has 0 amide bonds. The predicted molar refractivity (Wildman–Crippen MR) is 333 cm³/mol. The van der Waals surface area contributed by atoms with Gasteiger partial charge in [-0.05, 0) is 176 Å². The largest absolute Gasteiger partial charge is 0.0533 e. The van der Waals surface area contributed by atoms with Gasteiger partial charge >= 0.3 is 0 Å². The first-order valence-electron chi connectivity index (χ1n) is 38.2. The Morgan fingerprint density at radius 3 is 0.338 bits per heavy atom. The van der Waals surface area contributed by atoms with E-state index in [9.17, 15) is 0 Å². The zero-order valence-electron chi connectivity index (χ0n) is 51.9. The number of rotatable bonds is 0. The molecule has 0 radical (unpaired) electrons. The summed E-state index contributed by atoms with van der Waals surface area (Å²) >= 11 is 0. The molecule has 0 bridgehead atoms. The van der Waals surface area contributed by atoms with Gasteiger partial charge in [-0.2, -0.15) is 0 Å². The Hall–Kier alpha value is 0. The molecular weight excluding hydrogens is 925 g/mol. The van der Waals surface area contributed by atoms with Crippen LogP contribution in [-0.2, 0) is 0 Å². The third kappa shape index (κ3) is 18.3. The Labute approximate surface area is 481 Å². The molecule has 0 aromatic rings. The zero-order valence-corrected chi connectivity index (χ0v) is 51.9. The molecule has 0 aliphatic heterocycles. The van der Waals surface area contributed by atoms with Gasteiger partial charge in [0.2, 0.25) is 0 Å². The Kier molecular flexibility index (Phi) is 23.8. The molecular formula is C77H134. The van der Waals surface area contributed by atoms with Gasteiger partial charge in [-0.1, -0.05) is 308 Å². The van der Waals surface area contributed by atoms with E-state index >= 15 is 0 Å². The average molecular weight is 1060 g/mol. The van der Waals surface area contributed by atoms with E-state index in [4.69, 9.17) is 0 Å². The van der Waals surface area contributed by atoms with Gasteiger partial charge in [0.15, 0.2) is 0 Å². The first-order chi connectivity index (χ1) is 38.2. The van der Waals surface area contributed by atoms with Gasteiger partial charge in [-0.15, -0.1) is 0 Å². The Balaban J connectivity index is 0.0000000934. The molecule has 16 atom stereocenters. The van der Waals surface area contributed by atoms with E-state index < -0.39 is 0 Å². The van der Waals surface area contributed by atoms with Crippen LogP contribution in [0.15, 0.2) is 0 Å². The summed E-state index contributed by atoms with van der Waals surface area (Å²) in [6, 6.07) is 0. The fraction of sp³-hybridized carbons (Fsp3) is 1.00. The van der Waals surface area contributed by atoms with Gasteiger partial charge in [0, 0.05) is 0 Å². The highest BCUT2D eigenvalue weighted by Crippen LogP contribution is 2.56. The maximum absolute atomic E-state index is 1.62. The van der Waals surface area contributed by atoms with Gasteiger partial charge in [0.25, 0.3) is 0 Å². The minimum atomic E-state index is 1.14. The van der Waals surface area contributed by atoms with E-state index in [1.54, 1.807) is 250 Å². The number of fused-ring (bicyclic) bond motifs is 10. The molecule has 0 aromatic heterocycles. The Morgan fingerprint density at radius 2 is 0.182 bits per heavy atom. The quantitative estimate of drug-likeness (QED) is 0.227. The van der Waals surface area contributed by atoms with Crippen LogP contribution >= 0.6 is 0 Å². The normalized spacial score (nSPS) is 45.8. The van der Waals surface area contributed by atoms with Gasteiger partial charge in [-0.3, -0.25) is 0 Å². The summed E-state index contributed by atoms with van der Waals surface area (Å²) in [6.07, 6.45) is 88.6. The molecule has 0 saturated heterocycles. The van der Waals surface area contributed by atoms with Crippen molar-refractivity contribution in [1.29, 1.82) is 0 Å². The van der Waals surface area contributed by atoms with Crippen molar-refractivity contribution in [3.8, 4) is 0 Å². The van der Waals surface area contributed by atoms with Crippen molar-refractivity contribution in [2.45, 2.75) is 366 Å². The Morgan fingerprint density at radius 1 is 0.0779 bits per heavy atom. The fourth-order valence-corrected chi connectivity index (χ4v) is 22.4. The van der Waals surface area contributed by atoms with Gasteiger partial charge in [0.05, 0.1) is 0 Å². The molecule has 19 aliphatic carbocycles. The summed E-state index contributed by atoms with van der Waals surface area (Å²) in [4.78, 5) is 0. The van der Waals surface area contributed by atoms with E-state index in [-0.39, 0.29) is 0 Å². The highest BCUT2D eigenvalue weighted by atomic mass is 14.5. The Bertz CT molecular complexity index is 1450. The highest BCUT2D eigenvalue weighted by molar-refractivity contribution is 4.95. The second kappa shape index (κ2) is 31.2. The summed E-state index contributed by atoms with van der Waals surface area (Å²) < 4.78 is 0. The lowest BCUT2D eigenvalue weighted by atomic mass is 9.60. The van der Waals surface area contributed by atoms with Crippen LogP contribution in [0, 0.1) is 118 Å². The molecule has 0 nitrogen and oxygen atoms in total. The van der Waals surface area contributed by atoms with Gasteiger partial charge < -0.3 is 0 Å². The summed E-state index contributed by atoms with van der Waals surface area (Å²) in [5, 5.41) is 0. The average Bonchev–Trinajstić information content (AvgIpc) is 4.25. The minimum absolute atomic E-state index is 1.14. The smallest absolute Gasteiger partial charge is 0.0383 e. The third-order valence-corrected chi connectivity index (χ3v) is 28.1. The molecule has 19 aliphatic rings. The van der Waals surface area contributed by atoms with Crippen molar-refractivity contribution in [3.05, 3.63) is 0 Å². The highest BCUT2D eigenvalue weighted by Gasteiger charge is 2.45. The van der Waals surface area contributed by atoms with Crippen LogP contribution in [0.2, 0.25) is 0 Å². The molecule has 442 valence electrons. The lowest BCUT2D eigenvalue weighted by molar-refractivity contribution is 0.0520. The first kappa shape index (κ1) is 58.8. The predicted octanol–water partition coefficient (Wildman–Crippen LogP) is 24.7. The maximum atomic E-state index is 1.62. The lowest BCUT2D eigenvalue weighted by Gasteiger charge is -2.46. The van der Waals surface area contributed by atoms with Crippen molar-refractivity contribution < 1.29 is 0 Å². The second-order valence-corrected chi connectivity index (χ2v) is 32.8. The molecule has 0 N–H and O–H groups in total. The van der Waals surface area contributed by atoms with Crippen molar-refractivity contribution in [3.63, 3.8) is 0 Å². The van der Waals surface area contributed by atoms with Crippen molar-refractivity contribution >= 4 is 0 Å². The second-order valence-electron chi connectivity index (χ2n) is 32.8. The molecule has 16 unspecified atom stereocenters. The van der Waals surface area contributed by atoms with E-state index in [0.29, 0.717) is 0 Å². The van der Waals surface area contributed by atoms with Crippen molar-refractivity contribution in [2.75, 3.05) is 0 Å². The van der Waals surface area contributed by atoms with Gasteiger partial charge in [0.1, 0.15) is 0 Å². The molecule has 19 fully saturated rings. The molecule has 0 spiro atoms. The van der Waals surface area contributed by atoms with Crippen LogP contribution in [-0.4, -0.2) is 0 Å². The molecule has 19 saturated carbocycles. The topological polar surface area (TPSA) is 0 Å². The van der Waals surface area contributed by atoms with Gasteiger partial charge in [-0.25, -0.2) is 0 Å². The number of hydrogen-bond donors (Lipinski definition) is 0. The van der Waals surface area contributed by atoms with Crippen LogP contribution in [0.25, 0.3) is 0 Å². The van der Waals surface area contributed by atoms with E-state index in [1.165, 1.54) is 187 Å². The molecule has 19 rings (SSSR count). The van der Waals surface area contributed by atoms with Crippen LogP contribution in [0.3, 0.4) is 0 Å². The van der Waals surface area contributed by atoms with Crippen molar-refractivity contribution in [1.82, 2.24) is 0 Å². The summed E-state index contributed by atoms with van der Waals surface area (Å²) in [7, 11) is 0. The zero-order chi connectivity index (χ0) is 51.9. The van der Waals surface area contributed by atoms with Crippen LogP contribution < -0.4 is 0 Å². The standard InChI is InChI=1S/C14H24.C11H20.C10H18.C9H16.C8H14.2C7H12.C6H10.C5H8/c1-2-6-12-10-14-8-4-3-7-13(14)9-11(12)5-1;1-2-6-10-8-4-5-9-11(10)7-3-1;1-2-6-10-8-4-3-7-9(10)5-1;1-2-5-9-7-3-6-8(9)4-1;1-3-7-5-2-6-8(7)4-1;1-2-6-4-5-7(6)3-1;1-2-4-7-5-6(7)3-1;1-2-5-4-6(5)3-1;1-2-5-3-4(1)5/h11-14H,1-10H2;10-11H,1-9H2;9-10H,1-8H2;8-9H,1-7H2;7-8H,1-6H2;2*6-7H,1-5H2;5-6H,1-4H2;4-5H,1-3H2. The minimum Gasteiger partial charge on any atom is -0.0533 e. The maximum Gasteiger partial charge on any atom is -0.0383 e. The van der Waals surface area contributed by atoms with E-state index in [2.05, 4.69) is 0 Å². The van der Waals surface area contributed by atoms with E-state index in [0.717, 1.165) is 47.3 Å². The molecule has 0 heterocycles. The summed E-state index contributed by atoms with van der Waals surface area (Å²) in [5.74, 6) is 23.6. The van der Waals surface area contributed by atoms with Crippen LogP contribution in [0.1, 0.15) is 366 Å². The van der Waals surface area contributed by atoms with Crippen LogP contribution in [0.5, 0.6) is 0 Å². The molecule has 77 heavy (non-hydrogen) atoms. The molecule has 0 aromatic carbocycles. The monoisotopic (exact) mass is 1060 g/mol. The number of hydrogen-bond acceptors (Lipinski definition) is 0. The van der Waals surface area contributed by atoms with Crippen molar-refractivity contribution in [2.24, 2.45) is 118 Å².